The largest absolute Gasteiger partial charge is 0.481 e. The number of aryl methyl sites for hydroxylation is 4. The summed E-state index contributed by atoms with van der Waals surface area (Å²) in [7, 11) is 3.29. The summed E-state index contributed by atoms with van der Waals surface area (Å²) in [6, 6.07) is 25.2. The van der Waals surface area contributed by atoms with Gasteiger partial charge in [-0.25, -0.2) is 19.9 Å². The van der Waals surface area contributed by atoms with Gasteiger partial charge in [-0.3, -0.25) is 0 Å². The smallest absolute Gasteiger partial charge is 0.213 e. The first kappa shape index (κ1) is 25.8. The Kier molecular flexibility index (Phi) is 6.01. The number of fused-ring (bicyclic) bond motifs is 6. The maximum atomic E-state index is 5.47. The third-order valence-electron chi connectivity index (χ3n) is 8.19. The number of nitrogens with zero attached hydrogens (tertiary/aromatic N) is 4. The number of methoxy groups -OCH3 is 2. The summed E-state index contributed by atoms with van der Waals surface area (Å²) in [5.41, 5.74) is 11.9. The number of hydrogen-bond acceptors (Lipinski definition) is 6. The highest BCUT2D eigenvalue weighted by molar-refractivity contribution is 6.06. The van der Waals surface area contributed by atoms with Crippen molar-refractivity contribution in [3.05, 3.63) is 95.1 Å². The molecule has 0 N–H and O–H groups in total. The molecule has 0 aliphatic carbocycles. The van der Waals surface area contributed by atoms with E-state index in [0.29, 0.717) is 11.8 Å². The van der Waals surface area contributed by atoms with E-state index in [-0.39, 0.29) is 0 Å². The van der Waals surface area contributed by atoms with Crippen molar-refractivity contribution < 1.29 is 9.47 Å². The van der Waals surface area contributed by atoms with Gasteiger partial charge in [-0.15, -0.1) is 0 Å². The van der Waals surface area contributed by atoms with E-state index in [9.17, 15) is 0 Å². The van der Waals surface area contributed by atoms with Crippen molar-refractivity contribution in [3.8, 4) is 34.3 Å². The summed E-state index contributed by atoms with van der Waals surface area (Å²) < 4.78 is 10.9. The van der Waals surface area contributed by atoms with Crippen LogP contribution in [0.25, 0.3) is 66.1 Å². The van der Waals surface area contributed by atoms with Crippen molar-refractivity contribution in [2.75, 3.05) is 14.2 Å². The first-order chi connectivity index (χ1) is 20.3. The Bertz CT molecular complexity index is 2060. The van der Waals surface area contributed by atoms with Gasteiger partial charge in [-0.2, -0.15) is 0 Å². The van der Waals surface area contributed by atoms with Crippen LogP contribution in [0.15, 0.2) is 72.8 Å². The maximum absolute atomic E-state index is 5.47. The molecule has 7 rings (SSSR count). The second-order valence-electron chi connectivity index (χ2n) is 10.9. The van der Waals surface area contributed by atoms with Gasteiger partial charge in [0, 0.05) is 44.8 Å². The fourth-order valence-electron chi connectivity index (χ4n) is 5.90. The summed E-state index contributed by atoms with van der Waals surface area (Å²) in [6.07, 6.45) is 0. The highest BCUT2D eigenvalue weighted by Gasteiger charge is 2.15. The average molecular weight is 551 g/mol. The molecule has 206 valence electrons. The minimum atomic E-state index is 0.593. The predicted octanol–water partition coefficient (Wildman–Crippen LogP) is 8.46. The van der Waals surface area contributed by atoms with Gasteiger partial charge in [-0.05, 0) is 74.2 Å². The number of ether oxygens (including phenoxy) is 2. The van der Waals surface area contributed by atoms with Gasteiger partial charge in [0.25, 0.3) is 0 Å². The Balaban J connectivity index is 1.37. The molecule has 0 atom stereocenters. The molecule has 7 aromatic rings. The molecule has 0 unspecified atom stereocenters. The molecule has 4 heterocycles. The highest BCUT2D eigenvalue weighted by atomic mass is 16.5. The van der Waals surface area contributed by atoms with Crippen LogP contribution in [-0.4, -0.2) is 34.2 Å². The van der Waals surface area contributed by atoms with Crippen LogP contribution in [0.3, 0.4) is 0 Å². The van der Waals surface area contributed by atoms with Crippen LogP contribution in [-0.2, 0) is 0 Å². The van der Waals surface area contributed by atoms with Crippen LogP contribution in [0.1, 0.15) is 22.3 Å². The highest BCUT2D eigenvalue weighted by Crippen LogP contribution is 2.35. The molecule has 0 amide bonds. The van der Waals surface area contributed by atoms with Gasteiger partial charge in [0.2, 0.25) is 11.8 Å². The third-order valence-corrected chi connectivity index (χ3v) is 8.19. The number of rotatable bonds is 4. The van der Waals surface area contributed by atoms with E-state index in [1.807, 2.05) is 12.1 Å². The topological polar surface area (TPSA) is 70.0 Å². The molecular formula is C36H30N4O2. The lowest BCUT2D eigenvalue weighted by Crippen LogP contribution is -1.96. The molecule has 6 nitrogen and oxygen atoms in total. The maximum Gasteiger partial charge on any atom is 0.213 e. The average Bonchev–Trinajstić information content (AvgIpc) is 3.01. The molecule has 0 aliphatic heterocycles. The van der Waals surface area contributed by atoms with E-state index in [1.165, 1.54) is 0 Å². The molecule has 42 heavy (non-hydrogen) atoms. The van der Waals surface area contributed by atoms with Crippen molar-refractivity contribution in [1.82, 2.24) is 19.9 Å². The lowest BCUT2D eigenvalue weighted by atomic mass is 9.95. The van der Waals surface area contributed by atoms with Gasteiger partial charge in [-0.1, -0.05) is 36.4 Å². The van der Waals surface area contributed by atoms with Crippen molar-refractivity contribution in [3.63, 3.8) is 0 Å². The second-order valence-corrected chi connectivity index (χ2v) is 10.9. The van der Waals surface area contributed by atoms with Gasteiger partial charge >= 0.3 is 0 Å². The molecule has 0 bridgehead atoms. The predicted molar refractivity (Wildman–Crippen MR) is 171 cm³/mol. The van der Waals surface area contributed by atoms with E-state index in [4.69, 9.17) is 29.4 Å². The van der Waals surface area contributed by atoms with Crippen molar-refractivity contribution in [2.45, 2.75) is 27.7 Å². The third kappa shape index (κ3) is 4.10. The Morgan fingerprint density at radius 3 is 1.24 bits per heavy atom. The minimum absolute atomic E-state index is 0.593. The molecular weight excluding hydrogens is 520 g/mol. The zero-order valence-electron chi connectivity index (χ0n) is 24.5. The van der Waals surface area contributed by atoms with Crippen LogP contribution in [0.2, 0.25) is 0 Å². The molecule has 3 aromatic carbocycles. The van der Waals surface area contributed by atoms with Gasteiger partial charge in [0.15, 0.2) is 0 Å². The summed E-state index contributed by atoms with van der Waals surface area (Å²) >= 11 is 0. The van der Waals surface area contributed by atoms with E-state index in [0.717, 1.165) is 88.4 Å². The van der Waals surface area contributed by atoms with Gasteiger partial charge < -0.3 is 9.47 Å². The summed E-state index contributed by atoms with van der Waals surface area (Å²) in [6.45, 7) is 8.41. The number of benzene rings is 3. The van der Waals surface area contributed by atoms with Crippen LogP contribution < -0.4 is 9.47 Å². The Hall–Kier alpha value is -5.10. The first-order valence-electron chi connectivity index (χ1n) is 14.0. The fourth-order valence-corrected chi connectivity index (χ4v) is 5.90. The zero-order valence-corrected chi connectivity index (χ0v) is 24.5. The van der Waals surface area contributed by atoms with Crippen LogP contribution in [0.4, 0.5) is 0 Å². The van der Waals surface area contributed by atoms with Crippen LogP contribution in [0, 0.1) is 27.7 Å². The van der Waals surface area contributed by atoms with Crippen molar-refractivity contribution >= 4 is 43.6 Å². The van der Waals surface area contributed by atoms with Gasteiger partial charge in [0.05, 0.1) is 36.6 Å². The van der Waals surface area contributed by atoms with Crippen molar-refractivity contribution in [2.24, 2.45) is 0 Å². The lowest BCUT2D eigenvalue weighted by Gasteiger charge is -2.14. The standard InChI is InChI=1S/C36H30N4O2/c1-19-15-28(30-14-10-24-8-12-26-22(4)18-32(42-6)40-36(26)34(24)38-30)20(2)16-27(19)29-13-9-23-7-11-25-21(3)17-31(41-5)39-35(25)33(23)37-29/h7-18H,1-6H3. The van der Waals surface area contributed by atoms with E-state index in [1.54, 1.807) is 14.2 Å². The molecule has 0 saturated carbocycles. The van der Waals surface area contributed by atoms with Crippen molar-refractivity contribution in [1.29, 1.82) is 0 Å². The summed E-state index contributed by atoms with van der Waals surface area (Å²) in [4.78, 5) is 19.8. The molecule has 0 saturated heterocycles. The van der Waals surface area contributed by atoms with Gasteiger partial charge in [0.1, 0.15) is 11.0 Å². The molecule has 0 fully saturated rings. The number of pyridine rings is 4. The Labute approximate surface area is 244 Å². The second kappa shape index (κ2) is 9.77. The molecule has 6 heteroatoms. The summed E-state index contributed by atoms with van der Waals surface area (Å²) in [5, 5.41) is 4.25. The zero-order chi connectivity index (χ0) is 29.1. The lowest BCUT2D eigenvalue weighted by molar-refractivity contribution is 0.399. The summed E-state index contributed by atoms with van der Waals surface area (Å²) in [5.74, 6) is 1.19. The van der Waals surface area contributed by atoms with Crippen LogP contribution >= 0.6 is 0 Å². The molecule has 0 aliphatic rings. The van der Waals surface area contributed by atoms with E-state index < -0.39 is 0 Å². The number of aromatic nitrogens is 4. The SMILES string of the molecule is COc1cc(C)c2ccc3ccc(-c4cc(C)c(-c5ccc6ccc7c(C)cc(OC)nc7c6n5)cc4C)nc3c2n1. The first-order valence-corrected chi connectivity index (χ1v) is 14.0. The van der Waals surface area contributed by atoms with E-state index >= 15 is 0 Å². The Morgan fingerprint density at radius 2 is 0.833 bits per heavy atom. The van der Waals surface area contributed by atoms with Crippen LogP contribution in [0.5, 0.6) is 11.8 Å². The molecule has 0 radical (unpaired) electrons. The quantitative estimate of drug-likeness (QED) is 0.205. The monoisotopic (exact) mass is 550 g/mol. The normalized spacial score (nSPS) is 11.6. The Morgan fingerprint density at radius 1 is 0.429 bits per heavy atom. The molecule has 4 aromatic heterocycles. The minimum Gasteiger partial charge on any atom is -0.481 e. The number of hydrogen-bond donors (Lipinski definition) is 0. The fraction of sp³-hybridized carbons (Fsp3) is 0.167. The van der Waals surface area contributed by atoms with E-state index in [2.05, 4.69) is 88.4 Å². The molecule has 0 spiro atoms.